The highest BCUT2D eigenvalue weighted by Crippen LogP contribution is 2.31. The third-order valence-corrected chi connectivity index (χ3v) is 5.65. The number of hydrogen-bond donors (Lipinski definition) is 2. The number of nitrogens with one attached hydrogen (secondary N) is 2. The summed E-state index contributed by atoms with van der Waals surface area (Å²) in [6, 6.07) is 20.5. The summed E-state index contributed by atoms with van der Waals surface area (Å²) in [7, 11) is 0. The quantitative estimate of drug-likeness (QED) is 0.675. The maximum absolute atomic E-state index is 12.7. The Morgan fingerprint density at radius 2 is 1.81 bits per heavy atom. The Labute approximate surface area is 163 Å². The monoisotopic (exact) mass is 364 g/mol. The number of carbonyl (C=O) groups excluding carboxylic acids is 1. The second kappa shape index (κ2) is 10.3. The van der Waals surface area contributed by atoms with Gasteiger partial charge < -0.3 is 10.6 Å². The molecule has 0 radical (unpaired) electrons. The topological polar surface area (TPSA) is 41.1 Å². The van der Waals surface area contributed by atoms with Gasteiger partial charge in [-0.2, -0.15) is 0 Å². The molecule has 1 fully saturated rings. The van der Waals surface area contributed by atoms with Gasteiger partial charge >= 0.3 is 0 Å². The van der Waals surface area contributed by atoms with E-state index in [2.05, 4.69) is 47.9 Å². The molecule has 1 heterocycles. The molecule has 1 saturated heterocycles. The molecule has 0 saturated carbocycles. The Kier molecular flexibility index (Phi) is 7.46. The van der Waals surface area contributed by atoms with Crippen LogP contribution >= 0.6 is 0 Å². The molecule has 3 rings (SSSR count). The number of benzene rings is 2. The van der Waals surface area contributed by atoms with E-state index in [1.54, 1.807) is 0 Å². The number of anilines is 1. The summed E-state index contributed by atoms with van der Waals surface area (Å²) in [5.74, 6) is 1.71. The Balaban J connectivity index is 1.62. The highest BCUT2D eigenvalue weighted by atomic mass is 16.1. The molecule has 144 valence electrons. The van der Waals surface area contributed by atoms with E-state index in [1.807, 2.05) is 30.3 Å². The SMILES string of the molecule is CC(CC(CC(=O)Nc1ccccc1)CC1CCCNC1)c1ccccc1. The molecule has 2 N–H and O–H groups in total. The molecule has 0 aromatic heterocycles. The first-order valence-corrected chi connectivity index (χ1v) is 10.3. The zero-order valence-electron chi connectivity index (χ0n) is 16.4. The summed E-state index contributed by atoms with van der Waals surface area (Å²) in [6.45, 7) is 4.52. The number of amides is 1. The molecule has 3 nitrogen and oxygen atoms in total. The van der Waals surface area contributed by atoms with Gasteiger partial charge in [0, 0.05) is 12.1 Å². The average Bonchev–Trinajstić information content (AvgIpc) is 2.70. The summed E-state index contributed by atoms with van der Waals surface area (Å²) in [6.07, 6.45) is 5.32. The van der Waals surface area contributed by atoms with Gasteiger partial charge in [-0.25, -0.2) is 0 Å². The number of para-hydroxylation sites is 1. The predicted octanol–water partition coefficient (Wildman–Crippen LogP) is 5.21. The van der Waals surface area contributed by atoms with Crippen LogP contribution in [0.25, 0.3) is 0 Å². The van der Waals surface area contributed by atoms with Gasteiger partial charge in [0.2, 0.25) is 5.91 Å². The maximum atomic E-state index is 12.7. The molecule has 3 unspecified atom stereocenters. The van der Waals surface area contributed by atoms with Crippen molar-refractivity contribution in [1.82, 2.24) is 5.32 Å². The lowest BCUT2D eigenvalue weighted by molar-refractivity contribution is -0.117. The van der Waals surface area contributed by atoms with Crippen LogP contribution in [0.3, 0.4) is 0 Å². The summed E-state index contributed by atoms with van der Waals surface area (Å²) >= 11 is 0. The van der Waals surface area contributed by atoms with Gasteiger partial charge in [0.1, 0.15) is 0 Å². The van der Waals surface area contributed by atoms with Crippen LogP contribution in [0.5, 0.6) is 0 Å². The Morgan fingerprint density at radius 3 is 2.48 bits per heavy atom. The molecule has 2 aromatic rings. The van der Waals surface area contributed by atoms with Crippen LogP contribution in [0, 0.1) is 11.8 Å². The molecule has 0 aliphatic carbocycles. The second-order valence-electron chi connectivity index (χ2n) is 7.98. The molecule has 2 aromatic carbocycles. The first-order chi connectivity index (χ1) is 13.2. The fraction of sp³-hybridized carbons (Fsp3) is 0.458. The second-order valence-corrected chi connectivity index (χ2v) is 7.98. The number of piperidine rings is 1. The summed E-state index contributed by atoms with van der Waals surface area (Å²) in [5.41, 5.74) is 2.25. The zero-order valence-corrected chi connectivity index (χ0v) is 16.4. The van der Waals surface area contributed by atoms with Crippen molar-refractivity contribution >= 4 is 11.6 Å². The van der Waals surface area contributed by atoms with E-state index in [9.17, 15) is 4.79 Å². The predicted molar refractivity (Wildman–Crippen MR) is 113 cm³/mol. The maximum Gasteiger partial charge on any atom is 0.224 e. The standard InChI is InChI=1S/C24H32N2O/c1-19(22-10-4-2-5-11-22)15-21(16-20-9-8-14-25-18-20)17-24(27)26-23-12-6-3-7-13-23/h2-7,10-13,19-21,25H,8-9,14-18H2,1H3,(H,26,27). The van der Waals surface area contributed by atoms with E-state index in [4.69, 9.17) is 0 Å². The molecule has 0 spiro atoms. The van der Waals surface area contributed by atoms with Crippen molar-refractivity contribution in [1.29, 1.82) is 0 Å². The van der Waals surface area contributed by atoms with E-state index >= 15 is 0 Å². The van der Waals surface area contributed by atoms with Crippen LogP contribution in [0.4, 0.5) is 5.69 Å². The van der Waals surface area contributed by atoms with Crippen molar-refractivity contribution in [3.63, 3.8) is 0 Å². The van der Waals surface area contributed by atoms with Gasteiger partial charge in [-0.05, 0) is 74.2 Å². The third kappa shape index (κ3) is 6.51. The van der Waals surface area contributed by atoms with Crippen LogP contribution in [-0.2, 0) is 4.79 Å². The molecular weight excluding hydrogens is 332 g/mol. The molecule has 1 amide bonds. The van der Waals surface area contributed by atoms with Crippen LogP contribution in [0.1, 0.15) is 50.5 Å². The normalized spacial score (nSPS) is 19.2. The van der Waals surface area contributed by atoms with Gasteiger partial charge in [-0.15, -0.1) is 0 Å². The van der Waals surface area contributed by atoms with Gasteiger partial charge in [-0.1, -0.05) is 55.5 Å². The van der Waals surface area contributed by atoms with Crippen LogP contribution < -0.4 is 10.6 Å². The lowest BCUT2D eigenvalue weighted by Gasteiger charge is -2.28. The van der Waals surface area contributed by atoms with Crippen molar-refractivity contribution < 1.29 is 4.79 Å². The van der Waals surface area contributed by atoms with E-state index in [-0.39, 0.29) is 5.91 Å². The largest absolute Gasteiger partial charge is 0.326 e. The molecule has 3 heteroatoms. The summed E-state index contributed by atoms with van der Waals surface area (Å²) < 4.78 is 0. The van der Waals surface area contributed by atoms with E-state index in [0.29, 0.717) is 24.2 Å². The minimum absolute atomic E-state index is 0.134. The number of rotatable bonds is 8. The van der Waals surface area contributed by atoms with Crippen LogP contribution in [0.15, 0.2) is 60.7 Å². The fourth-order valence-corrected chi connectivity index (χ4v) is 4.27. The van der Waals surface area contributed by atoms with E-state index < -0.39 is 0 Å². The Hall–Kier alpha value is -2.13. The van der Waals surface area contributed by atoms with E-state index in [0.717, 1.165) is 31.6 Å². The summed E-state index contributed by atoms with van der Waals surface area (Å²) in [5, 5.41) is 6.59. The molecular formula is C24H32N2O. The molecule has 3 atom stereocenters. The summed E-state index contributed by atoms with van der Waals surface area (Å²) in [4.78, 5) is 12.7. The highest BCUT2D eigenvalue weighted by molar-refractivity contribution is 5.90. The molecule has 0 bridgehead atoms. The minimum Gasteiger partial charge on any atom is -0.326 e. The third-order valence-electron chi connectivity index (χ3n) is 5.65. The first-order valence-electron chi connectivity index (χ1n) is 10.3. The fourth-order valence-electron chi connectivity index (χ4n) is 4.27. The molecule has 1 aliphatic rings. The average molecular weight is 365 g/mol. The lowest BCUT2D eigenvalue weighted by Crippen LogP contribution is -2.31. The number of carbonyl (C=O) groups is 1. The highest BCUT2D eigenvalue weighted by Gasteiger charge is 2.23. The first kappa shape index (κ1) is 19.6. The Bertz CT molecular complexity index is 680. The zero-order chi connectivity index (χ0) is 18.9. The van der Waals surface area contributed by atoms with Crippen molar-refractivity contribution in [3.8, 4) is 0 Å². The minimum atomic E-state index is 0.134. The van der Waals surface area contributed by atoms with Crippen molar-refractivity contribution in [2.24, 2.45) is 11.8 Å². The lowest BCUT2D eigenvalue weighted by atomic mass is 9.81. The molecule has 1 aliphatic heterocycles. The van der Waals surface area contributed by atoms with Gasteiger partial charge in [0.15, 0.2) is 0 Å². The van der Waals surface area contributed by atoms with E-state index in [1.165, 1.54) is 18.4 Å². The van der Waals surface area contributed by atoms with Crippen molar-refractivity contribution in [2.75, 3.05) is 18.4 Å². The van der Waals surface area contributed by atoms with Crippen molar-refractivity contribution in [3.05, 3.63) is 66.2 Å². The Morgan fingerprint density at radius 1 is 1.11 bits per heavy atom. The molecule has 27 heavy (non-hydrogen) atoms. The van der Waals surface area contributed by atoms with Crippen molar-refractivity contribution in [2.45, 2.75) is 44.9 Å². The number of hydrogen-bond acceptors (Lipinski definition) is 2. The van der Waals surface area contributed by atoms with Gasteiger partial charge in [0.25, 0.3) is 0 Å². The smallest absolute Gasteiger partial charge is 0.224 e. The van der Waals surface area contributed by atoms with Gasteiger partial charge in [0.05, 0.1) is 0 Å². The van der Waals surface area contributed by atoms with Gasteiger partial charge in [-0.3, -0.25) is 4.79 Å². The van der Waals surface area contributed by atoms with Crippen LogP contribution in [0.2, 0.25) is 0 Å². The van der Waals surface area contributed by atoms with Crippen LogP contribution in [-0.4, -0.2) is 19.0 Å².